The van der Waals surface area contributed by atoms with E-state index in [0.29, 0.717) is 23.8 Å². The van der Waals surface area contributed by atoms with E-state index in [4.69, 9.17) is 10.2 Å². The molecular formula is C13H15N5O. The van der Waals surface area contributed by atoms with Crippen molar-refractivity contribution in [1.29, 1.82) is 0 Å². The van der Waals surface area contributed by atoms with Gasteiger partial charge in [-0.1, -0.05) is 0 Å². The molecule has 0 saturated heterocycles. The van der Waals surface area contributed by atoms with Crippen LogP contribution in [-0.2, 0) is 13.5 Å². The summed E-state index contributed by atoms with van der Waals surface area (Å²) in [6, 6.07) is 5.93. The van der Waals surface area contributed by atoms with E-state index in [1.807, 2.05) is 29.9 Å². The highest BCUT2D eigenvalue weighted by molar-refractivity contribution is 5.78. The maximum absolute atomic E-state index is 5.69. The van der Waals surface area contributed by atoms with E-state index in [1.54, 1.807) is 12.3 Å². The van der Waals surface area contributed by atoms with Crippen LogP contribution in [0, 0.1) is 0 Å². The van der Waals surface area contributed by atoms with Gasteiger partial charge in [0, 0.05) is 44.2 Å². The SMILES string of the molecule is Cn1ccnc1CCNc1nc2ccc(N)cc2o1. The Balaban J connectivity index is 1.67. The molecule has 2 aromatic heterocycles. The molecule has 1 aromatic carbocycles. The third kappa shape index (κ3) is 2.37. The third-order valence-corrected chi connectivity index (χ3v) is 2.96. The molecule has 98 valence electrons. The Labute approximate surface area is 110 Å². The van der Waals surface area contributed by atoms with E-state index in [1.165, 1.54) is 0 Å². The zero-order valence-electron chi connectivity index (χ0n) is 10.6. The molecule has 6 nitrogen and oxygen atoms in total. The summed E-state index contributed by atoms with van der Waals surface area (Å²) in [7, 11) is 1.98. The highest BCUT2D eigenvalue weighted by Crippen LogP contribution is 2.20. The van der Waals surface area contributed by atoms with Crippen molar-refractivity contribution in [1.82, 2.24) is 14.5 Å². The number of aryl methyl sites for hydroxylation is 1. The molecule has 0 radical (unpaired) electrons. The quantitative estimate of drug-likeness (QED) is 0.696. The third-order valence-electron chi connectivity index (χ3n) is 2.96. The van der Waals surface area contributed by atoms with E-state index in [9.17, 15) is 0 Å². The van der Waals surface area contributed by atoms with E-state index in [0.717, 1.165) is 17.8 Å². The Morgan fingerprint density at radius 2 is 2.32 bits per heavy atom. The van der Waals surface area contributed by atoms with E-state index >= 15 is 0 Å². The summed E-state index contributed by atoms with van der Waals surface area (Å²) in [6.45, 7) is 0.715. The minimum Gasteiger partial charge on any atom is -0.423 e. The van der Waals surface area contributed by atoms with Gasteiger partial charge in [0.1, 0.15) is 11.3 Å². The molecule has 0 spiro atoms. The van der Waals surface area contributed by atoms with Crippen LogP contribution in [0.5, 0.6) is 0 Å². The zero-order chi connectivity index (χ0) is 13.2. The number of nitrogens with one attached hydrogen (secondary N) is 1. The number of nitrogen functional groups attached to an aromatic ring is 1. The summed E-state index contributed by atoms with van der Waals surface area (Å²) in [5.41, 5.74) is 7.86. The van der Waals surface area contributed by atoms with Gasteiger partial charge < -0.3 is 20.0 Å². The average Bonchev–Trinajstić information content (AvgIpc) is 2.95. The van der Waals surface area contributed by atoms with Gasteiger partial charge in [-0.15, -0.1) is 0 Å². The second-order valence-corrected chi connectivity index (χ2v) is 4.38. The van der Waals surface area contributed by atoms with Crippen molar-refractivity contribution in [2.45, 2.75) is 6.42 Å². The molecule has 3 N–H and O–H groups in total. The second-order valence-electron chi connectivity index (χ2n) is 4.38. The number of anilines is 2. The van der Waals surface area contributed by atoms with Gasteiger partial charge in [0.05, 0.1) is 0 Å². The van der Waals surface area contributed by atoms with Crippen molar-refractivity contribution in [3.05, 3.63) is 36.4 Å². The van der Waals surface area contributed by atoms with E-state index in [-0.39, 0.29) is 0 Å². The number of benzene rings is 1. The molecular weight excluding hydrogens is 242 g/mol. The lowest BCUT2D eigenvalue weighted by atomic mass is 10.3. The van der Waals surface area contributed by atoms with Crippen LogP contribution in [0.2, 0.25) is 0 Å². The number of aromatic nitrogens is 3. The van der Waals surface area contributed by atoms with Crippen molar-refractivity contribution in [2.24, 2.45) is 7.05 Å². The van der Waals surface area contributed by atoms with Crippen LogP contribution in [0.15, 0.2) is 35.0 Å². The van der Waals surface area contributed by atoms with Crippen LogP contribution >= 0.6 is 0 Å². The maximum Gasteiger partial charge on any atom is 0.295 e. The number of rotatable bonds is 4. The lowest BCUT2D eigenvalue weighted by Gasteiger charge is -2.01. The molecule has 0 amide bonds. The van der Waals surface area contributed by atoms with Gasteiger partial charge in [0.25, 0.3) is 6.01 Å². The second kappa shape index (κ2) is 4.64. The molecule has 0 saturated carbocycles. The number of fused-ring (bicyclic) bond motifs is 1. The van der Waals surface area contributed by atoms with E-state index < -0.39 is 0 Å². The smallest absolute Gasteiger partial charge is 0.295 e. The van der Waals surface area contributed by atoms with Crippen molar-refractivity contribution in [3.63, 3.8) is 0 Å². The van der Waals surface area contributed by atoms with Crippen LogP contribution in [0.1, 0.15) is 5.82 Å². The number of hydrogen-bond acceptors (Lipinski definition) is 5. The Bertz CT molecular complexity index is 700. The standard InChI is InChI=1S/C13H15N5O/c1-18-7-6-15-12(18)4-5-16-13-17-10-3-2-9(14)8-11(10)19-13/h2-3,6-8H,4-5,14H2,1H3,(H,16,17). The Morgan fingerprint density at radius 1 is 1.42 bits per heavy atom. The first kappa shape index (κ1) is 11.6. The first-order chi connectivity index (χ1) is 9.22. The van der Waals surface area contributed by atoms with E-state index in [2.05, 4.69) is 15.3 Å². The molecule has 19 heavy (non-hydrogen) atoms. The molecule has 0 unspecified atom stereocenters. The summed E-state index contributed by atoms with van der Waals surface area (Å²) in [6.07, 6.45) is 4.53. The van der Waals surface area contributed by atoms with Crippen LogP contribution in [-0.4, -0.2) is 21.1 Å². The summed E-state index contributed by atoms with van der Waals surface area (Å²) in [4.78, 5) is 8.59. The van der Waals surface area contributed by atoms with Gasteiger partial charge in [0.15, 0.2) is 5.58 Å². The van der Waals surface area contributed by atoms with Gasteiger partial charge in [0.2, 0.25) is 0 Å². The molecule has 0 aliphatic rings. The first-order valence-electron chi connectivity index (χ1n) is 6.08. The maximum atomic E-state index is 5.69. The predicted molar refractivity (Wildman–Crippen MR) is 73.8 cm³/mol. The molecule has 0 aliphatic carbocycles. The zero-order valence-corrected chi connectivity index (χ0v) is 10.6. The number of imidazole rings is 1. The molecule has 0 bridgehead atoms. The summed E-state index contributed by atoms with van der Waals surface area (Å²) < 4.78 is 7.56. The van der Waals surface area contributed by atoms with Crippen LogP contribution < -0.4 is 11.1 Å². The van der Waals surface area contributed by atoms with Gasteiger partial charge in [-0.3, -0.25) is 0 Å². The predicted octanol–water partition coefficient (Wildman–Crippen LogP) is 1.80. The molecule has 2 heterocycles. The summed E-state index contributed by atoms with van der Waals surface area (Å²) in [5, 5.41) is 3.15. The topological polar surface area (TPSA) is 81.9 Å². The minimum atomic E-state index is 0.509. The van der Waals surface area contributed by atoms with Gasteiger partial charge in [-0.2, -0.15) is 4.98 Å². The van der Waals surface area contributed by atoms with Crippen LogP contribution in [0.25, 0.3) is 11.1 Å². The molecule has 0 aliphatic heterocycles. The molecule has 3 aromatic rings. The average molecular weight is 257 g/mol. The highest BCUT2D eigenvalue weighted by atomic mass is 16.4. The molecule has 0 atom stereocenters. The largest absolute Gasteiger partial charge is 0.423 e. The Kier molecular flexibility index (Phi) is 2.83. The number of hydrogen-bond donors (Lipinski definition) is 2. The van der Waals surface area contributed by atoms with Gasteiger partial charge >= 0.3 is 0 Å². The van der Waals surface area contributed by atoms with Crippen molar-refractivity contribution in [3.8, 4) is 0 Å². The van der Waals surface area contributed by atoms with Gasteiger partial charge in [-0.05, 0) is 12.1 Å². The summed E-state index contributed by atoms with van der Waals surface area (Å²) in [5.74, 6) is 1.02. The number of oxazole rings is 1. The Morgan fingerprint density at radius 3 is 3.11 bits per heavy atom. The van der Waals surface area contributed by atoms with Crippen molar-refractivity contribution >= 4 is 22.8 Å². The fourth-order valence-electron chi connectivity index (χ4n) is 1.94. The highest BCUT2D eigenvalue weighted by Gasteiger charge is 2.06. The van der Waals surface area contributed by atoms with Crippen LogP contribution in [0.4, 0.5) is 11.7 Å². The lowest BCUT2D eigenvalue weighted by molar-refractivity contribution is 0.613. The minimum absolute atomic E-state index is 0.509. The van der Waals surface area contributed by atoms with Crippen LogP contribution in [0.3, 0.4) is 0 Å². The normalized spacial score (nSPS) is 11.0. The number of nitrogens with zero attached hydrogens (tertiary/aromatic N) is 3. The lowest BCUT2D eigenvalue weighted by Crippen LogP contribution is -2.08. The molecule has 6 heteroatoms. The fraction of sp³-hybridized carbons (Fsp3) is 0.231. The van der Waals surface area contributed by atoms with Crippen molar-refractivity contribution < 1.29 is 4.42 Å². The summed E-state index contributed by atoms with van der Waals surface area (Å²) >= 11 is 0. The van der Waals surface area contributed by atoms with Gasteiger partial charge in [-0.25, -0.2) is 4.98 Å². The Hall–Kier alpha value is -2.50. The number of nitrogens with two attached hydrogens (primary N) is 1. The first-order valence-corrected chi connectivity index (χ1v) is 6.08. The van der Waals surface area contributed by atoms with Crippen molar-refractivity contribution in [2.75, 3.05) is 17.6 Å². The molecule has 3 rings (SSSR count). The molecule has 0 fully saturated rings. The monoisotopic (exact) mass is 257 g/mol. The fourth-order valence-corrected chi connectivity index (χ4v) is 1.94.